The van der Waals surface area contributed by atoms with E-state index in [1.807, 2.05) is 0 Å². The molecule has 0 saturated heterocycles. The zero-order valence-electron chi connectivity index (χ0n) is 7.54. The highest BCUT2D eigenvalue weighted by atomic mass is 32.2. The molecule has 0 unspecified atom stereocenters. The van der Waals surface area contributed by atoms with Crippen LogP contribution < -0.4 is 4.72 Å². The number of aromatic nitrogens is 3. The molecular formula is C7H8N4O2S2. The first-order chi connectivity index (χ1) is 7.18. The molecule has 0 aromatic carbocycles. The van der Waals surface area contributed by atoms with Crippen LogP contribution in [0.1, 0.15) is 5.01 Å². The molecule has 0 atom stereocenters. The van der Waals surface area contributed by atoms with Gasteiger partial charge < -0.3 is 0 Å². The zero-order chi connectivity index (χ0) is 10.7. The van der Waals surface area contributed by atoms with Crippen LogP contribution in [0, 0.1) is 0 Å². The van der Waals surface area contributed by atoms with E-state index in [-0.39, 0.29) is 11.4 Å². The summed E-state index contributed by atoms with van der Waals surface area (Å²) in [5.74, 6) is 0. The van der Waals surface area contributed by atoms with Gasteiger partial charge in [-0.05, 0) is 0 Å². The Morgan fingerprint density at radius 1 is 1.53 bits per heavy atom. The van der Waals surface area contributed by atoms with Crippen molar-refractivity contribution in [1.29, 1.82) is 0 Å². The molecule has 0 aliphatic heterocycles. The number of hydrogen-bond acceptors (Lipinski definition) is 5. The van der Waals surface area contributed by atoms with Crippen LogP contribution in [0.4, 0.5) is 0 Å². The fourth-order valence-electron chi connectivity index (χ4n) is 0.966. The molecular weight excluding hydrogens is 236 g/mol. The van der Waals surface area contributed by atoms with Crippen molar-refractivity contribution in [2.45, 2.75) is 11.4 Å². The largest absolute Gasteiger partial charge is 0.284 e. The Kier molecular flexibility index (Phi) is 2.80. The van der Waals surface area contributed by atoms with Crippen molar-refractivity contribution in [3.05, 3.63) is 29.0 Å². The van der Waals surface area contributed by atoms with Gasteiger partial charge in [-0.3, -0.25) is 5.10 Å². The van der Waals surface area contributed by atoms with E-state index in [1.54, 1.807) is 11.6 Å². The average molecular weight is 244 g/mol. The number of sulfonamides is 1. The molecule has 0 fully saturated rings. The Morgan fingerprint density at radius 3 is 3.00 bits per heavy atom. The molecule has 0 radical (unpaired) electrons. The maximum absolute atomic E-state index is 11.6. The molecule has 2 N–H and O–H groups in total. The van der Waals surface area contributed by atoms with Crippen LogP contribution in [0.5, 0.6) is 0 Å². The number of nitrogens with zero attached hydrogens (tertiary/aromatic N) is 2. The van der Waals surface area contributed by atoms with Gasteiger partial charge in [-0.2, -0.15) is 5.10 Å². The summed E-state index contributed by atoms with van der Waals surface area (Å²) in [5, 5.41) is 8.54. The minimum atomic E-state index is -3.47. The molecule has 2 heterocycles. The quantitative estimate of drug-likeness (QED) is 0.812. The molecule has 0 aliphatic rings. The van der Waals surface area contributed by atoms with Crippen molar-refractivity contribution in [2.24, 2.45) is 0 Å². The monoisotopic (exact) mass is 244 g/mol. The van der Waals surface area contributed by atoms with E-state index in [9.17, 15) is 8.42 Å². The average Bonchev–Trinajstić information content (AvgIpc) is 2.88. The van der Waals surface area contributed by atoms with Crippen molar-refractivity contribution < 1.29 is 8.42 Å². The smallest absolute Gasteiger partial charge is 0.244 e. The summed E-state index contributed by atoms with van der Waals surface area (Å²) in [6.45, 7) is 0.200. The normalized spacial score (nSPS) is 11.7. The standard InChI is InChI=1S/C7H8N4O2S2/c12-15(13,6-3-9-10-4-6)11-5-7-8-1-2-14-7/h1-4,11H,5H2,(H,9,10). The fourth-order valence-corrected chi connectivity index (χ4v) is 2.51. The minimum Gasteiger partial charge on any atom is -0.284 e. The highest BCUT2D eigenvalue weighted by Gasteiger charge is 2.14. The molecule has 8 heteroatoms. The Labute approximate surface area is 90.4 Å². The molecule has 0 bridgehead atoms. The van der Waals surface area contributed by atoms with E-state index >= 15 is 0 Å². The number of H-pyrrole nitrogens is 1. The van der Waals surface area contributed by atoms with Crippen molar-refractivity contribution in [1.82, 2.24) is 19.9 Å². The van der Waals surface area contributed by atoms with Gasteiger partial charge in [0, 0.05) is 17.8 Å². The van der Waals surface area contributed by atoms with Crippen molar-refractivity contribution >= 4 is 21.4 Å². The third kappa shape index (κ3) is 2.41. The van der Waals surface area contributed by atoms with E-state index in [0.717, 1.165) is 5.01 Å². The lowest BCUT2D eigenvalue weighted by atomic mass is 10.7. The lowest BCUT2D eigenvalue weighted by molar-refractivity contribution is 0.581. The summed E-state index contributed by atoms with van der Waals surface area (Å²) >= 11 is 1.40. The third-order valence-electron chi connectivity index (χ3n) is 1.68. The van der Waals surface area contributed by atoms with Gasteiger partial charge in [0.05, 0.1) is 12.7 Å². The van der Waals surface area contributed by atoms with E-state index in [4.69, 9.17) is 0 Å². The van der Waals surface area contributed by atoms with Crippen LogP contribution in [0.2, 0.25) is 0 Å². The molecule has 2 rings (SSSR count). The Bertz CT molecular complexity index is 503. The molecule has 2 aromatic rings. The number of aromatic amines is 1. The lowest BCUT2D eigenvalue weighted by Gasteiger charge is -2.01. The fraction of sp³-hybridized carbons (Fsp3) is 0.143. The number of thiazole rings is 1. The molecule has 15 heavy (non-hydrogen) atoms. The Morgan fingerprint density at radius 2 is 2.40 bits per heavy atom. The van der Waals surface area contributed by atoms with Gasteiger partial charge in [-0.15, -0.1) is 11.3 Å². The predicted octanol–water partition coefficient (Wildman–Crippen LogP) is 0.345. The predicted molar refractivity (Wildman–Crippen MR) is 54.7 cm³/mol. The zero-order valence-corrected chi connectivity index (χ0v) is 9.18. The van der Waals surface area contributed by atoms with Gasteiger partial charge in [-0.25, -0.2) is 18.1 Å². The van der Waals surface area contributed by atoms with Crippen molar-refractivity contribution in [3.8, 4) is 0 Å². The maximum atomic E-state index is 11.6. The molecule has 0 saturated carbocycles. The highest BCUT2D eigenvalue weighted by molar-refractivity contribution is 7.89. The van der Waals surface area contributed by atoms with E-state index in [2.05, 4.69) is 19.9 Å². The molecule has 80 valence electrons. The number of nitrogens with one attached hydrogen (secondary N) is 2. The van der Waals surface area contributed by atoms with E-state index < -0.39 is 10.0 Å². The molecule has 0 aliphatic carbocycles. The van der Waals surface area contributed by atoms with Gasteiger partial charge >= 0.3 is 0 Å². The van der Waals surface area contributed by atoms with E-state index in [1.165, 1.54) is 23.7 Å². The van der Waals surface area contributed by atoms with Crippen LogP contribution in [0.15, 0.2) is 28.9 Å². The maximum Gasteiger partial charge on any atom is 0.244 e. The van der Waals surface area contributed by atoms with Gasteiger partial charge in [0.25, 0.3) is 0 Å². The van der Waals surface area contributed by atoms with E-state index in [0.29, 0.717) is 0 Å². The van der Waals surface area contributed by atoms with Gasteiger partial charge in [0.2, 0.25) is 10.0 Å². The first kappa shape index (κ1) is 10.3. The van der Waals surface area contributed by atoms with Crippen molar-refractivity contribution in [3.63, 3.8) is 0 Å². The lowest BCUT2D eigenvalue weighted by Crippen LogP contribution is -2.22. The third-order valence-corrected chi connectivity index (χ3v) is 3.83. The number of hydrogen-bond donors (Lipinski definition) is 2. The summed E-state index contributed by atoms with van der Waals surface area (Å²) in [7, 11) is -3.47. The molecule has 0 spiro atoms. The molecule has 0 amide bonds. The first-order valence-electron chi connectivity index (χ1n) is 4.05. The first-order valence-corrected chi connectivity index (χ1v) is 6.41. The summed E-state index contributed by atoms with van der Waals surface area (Å²) in [5.41, 5.74) is 0. The SMILES string of the molecule is O=S(=O)(NCc1nccs1)c1cn[nH]c1. The number of rotatable bonds is 4. The van der Waals surface area contributed by atoms with Crippen LogP contribution in [-0.2, 0) is 16.6 Å². The summed E-state index contributed by atoms with van der Waals surface area (Å²) in [4.78, 5) is 4.09. The second kappa shape index (κ2) is 4.09. The van der Waals surface area contributed by atoms with Crippen molar-refractivity contribution in [2.75, 3.05) is 0 Å². The minimum absolute atomic E-state index is 0.124. The van der Waals surface area contributed by atoms with Gasteiger partial charge in [0.1, 0.15) is 9.90 Å². The topological polar surface area (TPSA) is 87.7 Å². The molecule has 6 nitrogen and oxygen atoms in total. The van der Waals surface area contributed by atoms with Crippen LogP contribution in [-0.4, -0.2) is 23.6 Å². The van der Waals surface area contributed by atoms with Gasteiger partial charge in [0.15, 0.2) is 0 Å². The second-order valence-corrected chi connectivity index (χ2v) is 5.43. The van der Waals surface area contributed by atoms with Gasteiger partial charge in [-0.1, -0.05) is 0 Å². The summed E-state index contributed by atoms with van der Waals surface area (Å²) in [6, 6.07) is 0. The summed E-state index contributed by atoms with van der Waals surface area (Å²) in [6.07, 6.45) is 4.21. The van der Waals surface area contributed by atoms with Crippen LogP contribution >= 0.6 is 11.3 Å². The van der Waals surface area contributed by atoms with Crippen LogP contribution in [0.3, 0.4) is 0 Å². The Hall–Kier alpha value is -1.25. The highest BCUT2D eigenvalue weighted by Crippen LogP contribution is 2.07. The summed E-state index contributed by atoms with van der Waals surface area (Å²) < 4.78 is 25.6. The molecule has 2 aromatic heterocycles. The second-order valence-electron chi connectivity index (χ2n) is 2.68. The van der Waals surface area contributed by atoms with Crippen LogP contribution in [0.25, 0.3) is 0 Å². The Balaban J connectivity index is 2.06.